The van der Waals surface area contributed by atoms with Crippen molar-refractivity contribution in [2.24, 2.45) is 11.8 Å². The summed E-state index contributed by atoms with van der Waals surface area (Å²) in [5, 5.41) is 30.7. The molecular weight excluding hydrogens is 883 g/mol. The summed E-state index contributed by atoms with van der Waals surface area (Å²) in [5.74, 6) is -6.79. The van der Waals surface area contributed by atoms with Crippen molar-refractivity contribution < 1.29 is 63.1 Å². The third-order valence-electron chi connectivity index (χ3n) is 11.1. The largest absolute Gasteiger partial charge is 0.505 e. The highest BCUT2D eigenvalue weighted by Crippen LogP contribution is 2.47. The number of amides is 2. The number of para-hydroxylation sites is 1. The van der Waals surface area contributed by atoms with Gasteiger partial charge >= 0.3 is 29.8 Å². The molecule has 0 radical (unpaired) electrons. The first-order valence-electron chi connectivity index (χ1n) is 22.3. The number of aromatic hydroxyl groups is 1. The van der Waals surface area contributed by atoms with Crippen molar-refractivity contribution in [1.29, 1.82) is 0 Å². The second-order valence-electron chi connectivity index (χ2n) is 16.7. The number of piperidine rings is 1. The van der Waals surface area contributed by atoms with Crippen molar-refractivity contribution in [1.82, 2.24) is 10.2 Å². The normalized spacial score (nSPS) is 20.4. The number of cyclic esters (lactones) is 2. The minimum absolute atomic E-state index is 0.00114. The Morgan fingerprint density at radius 3 is 1.99 bits per heavy atom. The van der Waals surface area contributed by atoms with Crippen LogP contribution in [0.1, 0.15) is 101 Å². The van der Waals surface area contributed by atoms with Gasteiger partial charge in [-0.15, -0.1) is 0 Å². The summed E-state index contributed by atoms with van der Waals surface area (Å²) in [6.07, 6.45) is 3.57. The van der Waals surface area contributed by atoms with Crippen LogP contribution < -0.4 is 10.6 Å². The van der Waals surface area contributed by atoms with Gasteiger partial charge in [-0.05, 0) is 87.0 Å². The Balaban J connectivity index is 0.000000278. The maximum absolute atomic E-state index is 13.3. The van der Waals surface area contributed by atoms with Crippen LogP contribution >= 0.6 is 11.8 Å². The summed E-state index contributed by atoms with van der Waals surface area (Å²) in [4.78, 5) is 87.1. The third kappa shape index (κ3) is 15.6. The molecule has 16 nitrogen and oxygen atoms in total. The van der Waals surface area contributed by atoms with Crippen molar-refractivity contribution in [3.05, 3.63) is 101 Å². The van der Waals surface area contributed by atoms with Gasteiger partial charge in [0, 0.05) is 41.5 Å². The zero-order chi connectivity index (χ0) is 49.2. The van der Waals surface area contributed by atoms with E-state index in [1.165, 1.54) is 84.5 Å². The number of hydrogen-bond donors (Lipinski definition) is 5. The number of ether oxygens (including phenoxy) is 3. The van der Waals surface area contributed by atoms with Crippen LogP contribution in [-0.2, 0) is 43.0 Å². The van der Waals surface area contributed by atoms with Crippen LogP contribution in [0.25, 0.3) is 5.57 Å². The summed E-state index contributed by atoms with van der Waals surface area (Å²) in [6, 6.07) is 20.4. The smallest absolute Gasteiger partial charge is 0.332 e. The second-order valence-corrected chi connectivity index (χ2v) is 17.8. The number of fused-ring (bicyclic) bond motifs is 2. The molecule has 0 spiro atoms. The number of carboxylic acid groups (broad SMARTS) is 2. The van der Waals surface area contributed by atoms with E-state index in [-0.39, 0.29) is 23.6 Å². The van der Waals surface area contributed by atoms with Crippen molar-refractivity contribution in [3.8, 4) is 5.75 Å². The Morgan fingerprint density at radius 2 is 1.43 bits per heavy atom. The lowest BCUT2D eigenvalue weighted by atomic mass is 9.88. The molecule has 3 aromatic carbocycles. The van der Waals surface area contributed by atoms with Crippen molar-refractivity contribution in [2.75, 3.05) is 25.5 Å². The summed E-state index contributed by atoms with van der Waals surface area (Å²) in [6.45, 7) is 11.1. The summed E-state index contributed by atoms with van der Waals surface area (Å²) >= 11 is 1.91. The predicted molar refractivity (Wildman–Crippen MR) is 251 cm³/mol. The SMILES string of the molecule is CCCCCC1C(=O)OC(C)C(NC(=O)c2cccc(NC=O)c2O)C(=O)OC(C)C1OC(=O)CC(C)C.CN1CCC(=C2c3ccccc3Sc3ccccc32)CC1.O=C(O)C=CC(=O)O. The highest BCUT2D eigenvalue weighted by molar-refractivity contribution is 7.99. The summed E-state index contributed by atoms with van der Waals surface area (Å²) in [5.41, 5.74) is 5.79. The number of hydrogen-bond acceptors (Lipinski definition) is 13. The lowest BCUT2D eigenvalue weighted by Crippen LogP contribution is -2.50. The molecule has 67 heavy (non-hydrogen) atoms. The first-order chi connectivity index (χ1) is 31.9. The van der Waals surface area contributed by atoms with Crippen molar-refractivity contribution >= 4 is 65.2 Å². The van der Waals surface area contributed by atoms with Gasteiger partial charge in [-0.1, -0.05) is 99.8 Å². The fraction of sp³-hybridized carbons (Fsp3) is 0.420. The monoisotopic (exact) mass is 943 g/mol. The molecule has 3 aromatic rings. The van der Waals surface area contributed by atoms with Gasteiger partial charge in [-0.25, -0.2) is 14.4 Å². The number of esters is 3. The number of anilines is 1. The molecule has 5 atom stereocenters. The highest BCUT2D eigenvalue weighted by atomic mass is 32.2. The van der Waals surface area contributed by atoms with Crippen LogP contribution in [0.3, 0.4) is 0 Å². The number of rotatable bonds is 13. The molecule has 3 aliphatic heterocycles. The number of phenolic OH excluding ortho intramolecular Hbond substituents is 1. The highest BCUT2D eigenvalue weighted by Gasteiger charge is 2.44. The molecular formula is C50H61N3O13S. The minimum atomic E-state index is -1.42. The molecule has 3 heterocycles. The Kier molecular flexibility index (Phi) is 20.7. The van der Waals surface area contributed by atoms with Crippen LogP contribution in [0.5, 0.6) is 5.75 Å². The zero-order valence-electron chi connectivity index (χ0n) is 38.7. The van der Waals surface area contributed by atoms with Gasteiger partial charge < -0.3 is 45.1 Å². The lowest BCUT2D eigenvalue weighted by Gasteiger charge is -2.30. The average molecular weight is 944 g/mol. The number of unbranched alkanes of at least 4 members (excludes halogenated alkanes) is 2. The minimum Gasteiger partial charge on any atom is -0.505 e. The molecule has 3 aliphatic rings. The van der Waals surface area contributed by atoms with Crippen LogP contribution in [-0.4, -0.2) is 107 Å². The number of nitrogens with one attached hydrogen (secondary N) is 2. The molecule has 0 bridgehead atoms. The molecule has 6 rings (SSSR count). The number of benzene rings is 3. The number of phenols is 1. The van der Waals surface area contributed by atoms with E-state index in [2.05, 4.69) is 71.1 Å². The molecule has 17 heteroatoms. The Morgan fingerprint density at radius 1 is 0.851 bits per heavy atom. The van der Waals surface area contributed by atoms with Gasteiger partial charge in [0.05, 0.1) is 17.2 Å². The average Bonchev–Trinajstić information content (AvgIpc) is 3.30. The van der Waals surface area contributed by atoms with Gasteiger partial charge in [0.2, 0.25) is 6.41 Å². The van der Waals surface area contributed by atoms with Gasteiger partial charge in [0.1, 0.15) is 12.2 Å². The first-order valence-corrected chi connectivity index (χ1v) is 23.1. The Labute approximate surface area is 395 Å². The van der Waals surface area contributed by atoms with E-state index in [0.717, 1.165) is 12.8 Å². The predicted octanol–water partition coefficient (Wildman–Crippen LogP) is 7.48. The lowest BCUT2D eigenvalue weighted by molar-refractivity contribution is -0.175. The van der Waals surface area contributed by atoms with Gasteiger partial charge in [-0.3, -0.25) is 19.2 Å². The van der Waals surface area contributed by atoms with Crippen molar-refractivity contribution in [2.45, 2.75) is 114 Å². The quantitative estimate of drug-likeness (QED) is 0.0218. The molecule has 5 N–H and O–H groups in total. The number of aliphatic carboxylic acids is 2. The molecule has 5 unspecified atom stereocenters. The van der Waals surface area contributed by atoms with Crippen LogP contribution in [0, 0.1) is 11.8 Å². The Bertz CT molecular complexity index is 2240. The van der Waals surface area contributed by atoms with Crippen molar-refractivity contribution in [3.63, 3.8) is 0 Å². The molecule has 0 aromatic heterocycles. The van der Waals surface area contributed by atoms with Crippen LogP contribution in [0.4, 0.5) is 5.69 Å². The van der Waals surface area contributed by atoms with Crippen LogP contribution in [0.2, 0.25) is 0 Å². The summed E-state index contributed by atoms with van der Waals surface area (Å²) in [7, 11) is 2.22. The fourth-order valence-electron chi connectivity index (χ4n) is 7.67. The number of nitrogens with zero attached hydrogens (tertiary/aromatic N) is 1. The van der Waals surface area contributed by atoms with E-state index < -0.39 is 71.8 Å². The van der Waals surface area contributed by atoms with Gasteiger partial charge in [0.15, 0.2) is 17.9 Å². The maximum atomic E-state index is 13.3. The van der Waals surface area contributed by atoms with E-state index in [9.17, 15) is 38.7 Å². The number of carbonyl (C=O) groups is 7. The fourth-order valence-corrected chi connectivity index (χ4v) is 8.76. The molecule has 2 saturated heterocycles. The van der Waals surface area contributed by atoms with E-state index in [0.29, 0.717) is 31.4 Å². The van der Waals surface area contributed by atoms with E-state index in [4.69, 9.17) is 24.4 Å². The van der Waals surface area contributed by atoms with E-state index >= 15 is 0 Å². The topological polar surface area (TPSA) is 235 Å². The number of carboxylic acids is 2. The Hall–Kier alpha value is -6.46. The zero-order valence-corrected chi connectivity index (χ0v) is 39.5. The van der Waals surface area contributed by atoms with E-state index in [1.807, 2.05) is 32.5 Å². The van der Waals surface area contributed by atoms with Gasteiger partial charge in [-0.2, -0.15) is 0 Å². The van der Waals surface area contributed by atoms with Crippen LogP contribution in [0.15, 0.2) is 94.2 Å². The first kappa shape index (κ1) is 53.2. The molecule has 0 saturated carbocycles. The number of carbonyl (C=O) groups excluding carboxylic acids is 5. The standard InChI is InChI=1S/C27H38N2O9.C19H19NS.C4H4O4/c1-6-7-8-10-19-24(38-21(31)13-15(2)3)17(5)37-27(35)22(16(4)36-26(19)34)29-25(33)18-11-9-12-20(23(18)32)28-14-30;1-20-12-10-14(11-13-20)19-15-6-2-4-8-17(15)21-18-9-5-3-7-16(18)19;5-3(6)1-2-4(7)8/h9,11-12,14-17,19,22,24,32H,6-8,10,13H2,1-5H3,(H,28,30)(H,29,33);2-9H,10-13H2,1H3;1-2H,(H,5,6)(H,7,8). The second kappa shape index (κ2) is 26.0. The molecule has 360 valence electrons. The maximum Gasteiger partial charge on any atom is 0.332 e. The molecule has 2 amide bonds. The third-order valence-corrected chi connectivity index (χ3v) is 12.2. The van der Waals surface area contributed by atoms with E-state index in [1.54, 1.807) is 5.57 Å². The number of likely N-dealkylation sites (tertiary alicyclic amines) is 1. The molecule has 0 aliphatic carbocycles. The summed E-state index contributed by atoms with van der Waals surface area (Å²) < 4.78 is 16.9. The molecule has 2 fully saturated rings. The van der Waals surface area contributed by atoms with Gasteiger partial charge in [0.25, 0.3) is 5.91 Å².